The number of hydrogen-bond acceptors (Lipinski definition) is 7. The minimum Gasteiger partial charge on any atom is -0.491 e. The molecule has 44 heavy (non-hydrogen) atoms. The van der Waals surface area contributed by atoms with E-state index in [0.717, 1.165) is 24.0 Å². The fraction of sp³-hybridized carbons (Fsp3) is 0.242. The molecule has 3 aromatic carbocycles. The molecule has 1 atom stereocenters. The van der Waals surface area contributed by atoms with Crippen molar-refractivity contribution >= 4 is 80.2 Å². The first-order valence-corrected chi connectivity index (χ1v) is 17.2. The summed E-state index contributed by atoms with van der Waals surface area (Å²) < 4.78 is 21.6. The zero-order valence-corrected chi connectivity index (χ0v) is 30.3. The van der Waals surface area contributed by atoms with E-state index < -0.39 is 12.0 Å². The maximum atomic E-state index is 14.1. The van der Waals surface area contributed by atoms with Gasteiger partial charge in [-0.25, -0.2) is 9.79 Å². The first-order valence-electron chi connectivity index (χ1n) is 13.9. The molecule has 4 aromatic rings. The molecule has 2 heterocycles. The van der Waals surface area contributed by atoms with Crippen molar-refractivity contribution in [3.63, 3.8) is 0 Å². The van der Waals surface area contributed by atoms with Crippen molar-refractivity contribution < 1.29 is 19.0 Å². The lowest BCUT2D eigenvalue weighted by Crippen LogP contribution is -2.40. The van der Waals surface area contributed by atoms with Gasteiger partial charge in [-0.1, -0.05) is 59.3 Å². The highest BCUT2D eigenvalue weighted by Crippen LogP contribution is 2.36. The van der Waals surface area contributed by atoms with E-state index in [1.165, 1.54) is 11.3 Å². The van der Waals surface area contributed by atoms with Crippen molar-refractivity contribution in [3.8, 4) is 11.5 Å². The number of nitrogens with zero attached hydrogens (tertiary/aromatic N) is 2. The molecule has 1 aromatic heterocycles. The van der Waals surface area contributed by atoms with Gasteiger partial charge in [0.05, 0.1) is 35.7 Å². The molecule has 0 spiro atoms. The van der Waals surface area contributed by atoms with E-state index >= 15 is 0 Å². The number of rotatable bonds is 9. The van der Waals surface area contributed by atoms with E-state index in [1.54, 1.807) is 18.4 Å². The summed E-state index contributed by atoms with van der Waals surface area (Å²) in [5, 5.41) is 0.655. The molecule has 0 saturated carbocycles. The SMILES string of the molecule is CCOC(=O)C1=C(C)N=c2s/c(=C/c3cc(I)c(OCc4ccccc4Cl)c(I)c3)c(=O)n2[C@@H]1c1ccccc1OC(C)C. The van der Waals surface area contributed by atoms with Gasteiger partial charge in [0.25, 0.3) is 5.56 Å². The zero-order chi connectivity index (χ0) is 31.5. The molecule has 1 aliphatic rings. The number of aromatic nitrogens is 1. The second-order valence-corrected chi connectivity index (χ2v) is 13.9. The number of carbonyl (C=O) groups is 1. The molecule has 0 fully saturated rings. The third kappa shape index (κ3) is 6.92. The Morgan fingerprint density at radius 1 is 1.11 bits per heavy atom. The van der Waals surface area contributed by atoms with Crippen LogP contribution >= 0.6 is 68.1 Å². The molecule has 0 aliphatic carbocycles. The van der Waals surface area contributed by atoms with Crippen LogP contribution in [-0.4, -0.2) is 23.2 Å². The van der Waals surface area contributed by atoms with Crippen LogP contribution in [0.1, 0.15) is 50.4 Å². The van der Waals surface area contributed by atoms with Gasteiger partial charge in [-0.2, -0.15) is 0 Å². The predicted octanol–water partition coefficient (Wildman–Crippen LogP) is 7.03. The number of benzene rings is 3. The number of ether oxygens (including phenoxy) is 3. The number of carbonyl (C=O) groups excluding carboxylic acids is 1. The quantitative estimate of drug-likeness (QED) is 0.134. The van der Waals surface area contributed by atoms with Crippen molar-refractivity contribution in [1.82, 2.24) is 4.57 Å². The second kappa shape index (κ2) is 14.2. The lowest BCUT2D eigenvalue weighted by molar-refractivity contribution is -0.139. The van der Waals surface area contributed by atoms with E-state index in [1.807, 2.05) is 80.6 Å². The smallest absolute Gasteiger partial charge is 0.338 e. The third-order valence-electron chi connectivity index (χ3n) is 6.74. The van der Waals surface area contributed by atoms with Gasteiger partial charge in [0, 0.05) is 16.1 Å². The molecule has 11 heteroatoms. The van der Waals surface area contributed by atoms with Crippen LogP contribution in [0.25, 0.3) is 6.08 Å². The normalized spacial score (nSPS) is 14.8. The summed E-state index contributed by atoms with van der Waals surface area (Å²) in [5.74, 6) is 0.833. The van der Waals surface area contributed by atoms with E-state index in [0.29, 0.717) is 43.5 Å². The maximum Gasteiger partial charge on any atom is 0.338 e. The zero-order valence-electron chi connectivity index (χ0n) is 24.4. The van der Waals surface area contributed by atoms with Crippen LogP contribution in [0.3, 0.4) is 0 Å². The fourth-order valence-corrected chi connectivity index (χ4v) is 8.24. The van der Waals surface area contributed by atoms with Gasteiger partial charge in [0.1, 0.15) is 24.1 Å². The highest BCUT2D eigenvalue weighted by Gasteiger charge is 2.35. The molecule has 1 aliphatic heterocycles. The van der Waals surface area contributed by atoms with E-state index in [9.17, 15) is 9.59 Å². The molecule has 0 unspecified atom stereocenters. The first-order chi connectivity index (χ1) is 21.1. The number of halogens is 3. The largest absolute Gasteiger partial charge is 0.491 e. The van der Waals surface area contributed by atoms with Gasteiger partial charge in [0.15, 0.2) is 4.80 Å². The van der Waals surface area contributed by atoms with Gasteiger partial charge in [-0.3, -0.25) is 9.36 Å². The Morgan fingerprint density at radius 2 is 1.80 bits per heavy atom. The van der Waals surface area contributed by atoms with Gasteiger partial charge in [0.2, 0.25) is 0 Å². The summed E-state index contributed by atoms with van der Waals surface area (Å²) in [7, 11) is 0. The van der Waals surface area contributed by atoms with Crippen LogP contribution in [0.4, 0.5) is 0 Å². The number of para-hydroxylation sites is 1. The van der Waals surface area contributed by atoms with E-state index in [4.69, 9.17) is 30.8 Å². The summed E-state index contributed by atoms with van der Waals surface area (Å²) >= 11 is 12.1. The number of fused-ring (bicyclic) bond motifs is 1. The van der Waals surface area contributed by atoms with Crippen LogP contribution in [0, 0.1) is 7.14 Å². The lowest BCUT2D eigenvalue weighted by atomic mass is 9.95. The summed E-state index contributed by atoms with van der Waals surface area (Å²) in [5.41, 5.74) is 3.00. The second-order valence-electron chi connectivity index (χ2n) is 10.2. The average Bonchev–Trinajstić information content (AvgIpc) is 3.26. The average molecular weight is 855 g/mol. The maximum absolute atomic E-state index is 14.1. The Balaban J connectivity index is 1.59. The molecule has 0 amide bonds. The third-order valence-corrected chi connectivity index (χ3v) is 9.70. The van der Waals surface area contributed by atoms with E-state index in [2.05, 4.69) is 45.2 Å². The fourth-order valence-electron chi connectivity index (χ4n) is 4.87. The highest BCUT2D eigenvalue weighted by molar-refractivity contribution is 14.1. The van der Waals surface area contributed by atoms with Crippen LogP contribution in [0.5, 0.6) is 11.5 Å². The summed E-state index contributed by atoms with van der Waals surface area (Å²) in [6, 6.07) is 18.2. The molecule has 0 bridgehead atoms. The minimum absolute atomic E-state index is 0.107. The standard InChI is InChI=1S/C33H29ClI2N2O5S/c1-5-41-32(40)28-19(4)37-33-38(29(28)22-11-7-9-13-26(22)43-18(2)3)31(39)27(44-33)16-20-14-24(35)30(25(36)15-20)42-17-21-10-6-8-12-23(21)34/h6-16,18,29H,5,17H2,1-4H3/b27-16+/t29-/m1/s1. The van der Waals surface area contributed by atoms with Crippen molar-refractivity contribution in [2.24, 2.45) is 4.99 Å². The van der Waals surface area contributed by atoms with Crippen molar-refractivity contribution in [1.29, 1.82) is 0 Å². The van der Waals surface area contributed by atoms with Crippen LogP contribution in [-0.2, 0) is 16.1 Å². The molecule has 0 radical (unpaired) electrons. The highest BCUT2D eigenvalue weighted by atomic mass is 127. The molecular weight excluding hydrogens is 826 g/mol. The summed E-state index contributed by atoms with van der Waals surface area (Å²) in [6.07, 6.45) is 1.74. The molecule has 0 N–H and O–H groups in total. The number of allylic oxidation sites excluding steroid dienone is 1. The van der Waals surface area contributed by atoms with Gasteiger partial charge in [-0.15, -0.1) is 0 Å². The van der Waals surface area contributed by atoms with Crippen molar-refractivity contribution in [2.45, 2.75) is 46.4 Å². The molecule has 0 saturated heterocycles. The summed E-state index contributed by atoms with van der Waals surface area (Å²) in [6.45, 7) is 7.94. The van der Waals surface area contributed by atoms with E-state index in [-0.39, 0.29) is 18.3 Å². The predicted molar refractivity (Wildman–Crippen MR) is 190 cm³/mol. The van der Waals surface area contributed by atoms with Crippen molar-refractivity contribution in [3.05, 3.63) is 120 Å². The summed E-state index contributed by atoms with van der Waals surface area (Å²) in [4.78, 5) is 32.6. The van der Waals surface area contributed by atoms with Gasteiger partial charge >= 0.3 is 5.97 Å². The molecular formula is C33H29ClI2N2O5S. The minimum atomic E-state index is -0.761. The van der Waals surface area contributed by atoms with Crippen molar-refractivity contribution in [2.75, 3.05) is 6.61 Å². The Kier molecular flexibility index (Phi) is 10.5. The van der Waals surface area contributed by atoms with Crippen LogP contribution < -0.4 is 24.4 Å². The van der Waals surface area contributed by atoms with Gasteiger partial charge < -0.3 is 14.2 Å². The lowest BCUT2D eigenvalue weighted by Gasteiger charge is -2.26. The number of esters is 1. The van der Waals surface area contributed by atoms with Crippen LogP contribution in [0.2, 0.25) is 5.02 Å². The Bertz CT molecular complexity index is 1930. The first kappa shape index (κ1) is 32.7. The molecule has 5 rings (SSSR count). The molecule has 228 valence electrons. The van der Waals surface area contributed by atoms with Crippen LogP contribution in [0.15, 0.2) is 81.7 Å². The number of thiazole rings is 1. The molecule has 7 nitrogen and oxygen atoms in total. The Labute approximate surface area is 291 Å². The topological polar surface area (TPSA) is 79.1 Å². The number of hydrogen-bond donors (Lipinski definition) is 0. The van der Waals surface area contributed by atoms with Gasteiger partial charge in [-0.05, 0) is 109 Å². The Hall–Kier alpha value is -2.68. The monoisotopic (exact) mass is 854 g/mol. The Morgan fingerprint density at radius 3 is 2.48 bits per heavy atom.